The van der Waals surface area contributed by atoms with Crippen LogP contribution in [-0.2, 0) is 9.47 Å². The minimum atomic E-state index is -0.170. The number of ether oxygens (including phenoxy) is 2. The summed E-state index contributed by atoms with van der Waals surface area (Å²) in [5.41, 5.74) is 0. The Hall–Kier alpha value is -0.810. The molecule has 5 nitrogen and oxygen atoms in total. The monoisotopic (exact) mass is 455 g/mol. The number of rotatable bonds is 22. The van der Waals surface area contributed by atoms with E-state index in [1.54, 1.807) is 0 Å². The molecule has 0 spiro atoms. The normalized spacial score (nSPS) is 16.7. The van der Waals surface area contributed by atoms with E-state index in [0.29, 0.717) is 13.2 Å². The van der Waals surface area contributed by atoms with Gasteiger partial charge in [0, 0.05) is 19.6 Å². The maximum absolute atomic E-state index is 12.0. The van der Waals surface area contributed by atoms with Gasteiger partial charge in [0.1, 0.15) is 6.10 Å². The van der Waals surface area contributed by atoms with Crippen LogP contribution in [-0.4, -0.2) is 75.1 Å². The first-order valence-electron chi connectivity index (χ1n) is 13.8. The fourth-order valence-corrected chi connectivity index (χ4v) is 4.31. The molecule has 1 aliphatic heterocycles. The van der Waals surface area contributed by atoms with E-state index < -0.39 is 0 Å². The van der Waals surface area contributed by atoms with E-state index in [9.17, 15) is 4.79 Å². The molecule has 1 rings (SSSR count). The van der Waals surface area contributed by atoms with Gasteiger partial charge in [-0.2, -0.15) is 0 Å². The molecule has 0 aromatic rings. The largest absolute Gasteiger partial charge is 0.442 e. The van der Waals surface area contributed by atoms with Crippen molar-refractivity contribution in [2.24, 2.45) is 0 Å². The summed E-state index contributed by atoms with van der Waals surface area (Å²) in [6, 6.07) is 0. The van der Waals surface area contributed by atoms with E-state index in [4.69, 9.17) is 9.47 Å². The van der Waals surface area contributed by atoms with Crippen LogP contribution in [0.3, 0.4) is 0 Å². The Morgan fingerprint density at radius 3 is 1.91 bits per heavy atom. The van der Waals surface area contributed by atoms with Crippen LogP contribution >= 0.6 is 0 Å². The van der Waals surface area contributed by atoms with Crippen LogP contribution in [0.2, 0.25) is 0 Å². The summed E-state index contributed by atoms with van der Waals surface area (Å²) in [7, 11) is 4.46. The number of quaternary nitrogens is 1. The van der Waals surface area contributed by atoms with Crippen molar-refractivity contribution in [3.63, 3.8) is 0 Å². The molecule has 0 N–H and O–H groups in total. The van der Waals surface area contributed by atoms with Crippen molar-refractivity contribution in [1.29, 1.82) is 0 Å². The lowest BCUT2D eigenvalue weighted by atomic mass is 10.0. The number of carbonyl (C=O) groups is 1. The number of hydrogen-bond donors (Lipinski definition) is 0. The summed E-state index contributed by atoms with van der Waals surface area (Å²) in [5, 5.41) is 0. The van der Waals surface area contributed by atoms with Gasteiger partial charge >= 0.3 is 6.09 Å². The van der Waals surface area contributed by atoms with Crippen LogP contribution in [0.15, 0.2) is 0 Å². The maximum Gasteiger partial charge on any atom is 0.410 e. The molecule has 1 saturated heterocycles. The van der Waals surface area contributed by atoms with E-state index in [-0.39, 0.29) is 12.2 Å². The predicted molar refractivity (Wildman–Crippen MR) is 135 cm³/mol. The summed E-state index contributed by atoms with van der Waals surface area (Å²) < 4.78 is 12.2. The van der Waals surface area contributed by atoms with Crippen LogP contribution in [0, 0.1) is 0 Å². The molecule has 1 atom stereocenters. The molecule has 32 heavy (non-hydrogen) atoms. The number of carbonyl (C=O) groups excluding carboxylic acids is 1. The highest BCUT2D eigenvalue weighted by Gasteiger charge is 2.31. The predicted octanol–water partition coefficient (Wildman–Crippen LogP) is 6.79. The third-order valence-corrected chi connectivity index (χ3v) is 6.94. The quantitative estimate of drug-likeness (QED) is 0.133. The average molecular weight is 456 g/mol. The van der Waals surface area contributed by atoms with Gasteiger partial charge < -0.3 is 18.9 Å². The molecule has 1 aliphatic rings. The molecule has 5 heteroatoms. The Labute approximate surface area is 199 Å². The second-order valence-electron chi connectivity index (χ2n) is 10.5. The summed E-state index contributed by atoms with van der Waals surface area (Å²) in [6.45, 7) is 9.47. The highest BCUT2D eigenvalue weighted by Crippen LogP contribution is 2.14. The lowest BCUT2D eigenvalue weighted by Gasteiger charge is -2.28. The van der Waals surface area contributed by atoms with E-state index in [0.717, 1.165) is 43.6 Å². The van der Waals surface area contributed by atoms with Crippen molar-refractivity contribution < 1.29 is 18.8 Å². The standard InChI is InChI=1S/C27H55N2O3/c1-5-7-8-9-10-11-12-13-14-15-16-17-18-19-23-31-25-26-24-28(27(30)32-26)21-20-22-29(3,4)6-2/h26H,5-25H2,1-4H3/q+1. The number of amides is 1. The molecule has 0 aromatic carbocycles. The first-order chi connectivity index (χ1) is 15.5. The molecule has 1 heterocycles. The van der Waals surface area contributed by atoms with Gasteiger partial charge in [-0.1, -0.05) is 90.4 Å². The Kier molecular flexibility index (Phi) is 17.0. The molecule has 0 radical (unpaired) electrons. The second-order valence-corrected chi connectivity index (χ2v) is 10.5. The van der Waals surface area contributed by atoms with E-state index >= 15 is 0 Å². The third kappa shape index (κ3) is 15.1. The van der Waals surface area contributed by atoms with E-state index in [1.165, 1.54) is 83.5 Å². The summed E-state index contributed by atoms with van der Waals surface area (Å²) in [5.74, 6) is 0. The smallest absolute Gasteiger partial charge is 0.410 e. The van der Waals surface area contributed by atoms with Crippen molar-refractivity contribution >= 4 is 6.09 Å². The minimum Gasteiger partial charge on any atom is -0.442 e. The zero-order valence-electron chi connectivity index (χ0n) is 22.0. The molecule has 0 aliphatic carbocycles. The molecular formula is C27H55N2O3+. The van der Waals surface area contributed by atoms with Crippen LogP contribution < -0.4 is 0 Å². The van der Waals surface area contributed by atoms with Gasteiger partial charge in [-0.05, 0) is 13.3 Å². The van der Waals surface area contributed by atoms with Gasteiger partial charge in [0.15, 0.2) is 0 Å². The van der Waals surface area contributed by atoms with Gasteiger partial charge in [0.05, 0.1) is 40.3 Å². The molecule has 0 aromatic heterocycles. The molecule has 0 saturated carbocycles. The summed E-state index contributed by atoms with van der Waals surface area (Å²) in [6.07, 6.45) is 19.9. The van der Waals surface area contributed by atoms with Crippen LogP contribution in [0.25, 0.3) is 0 Å². The van der Waals surface area contributed by atoms with Crippen LogP contribution in [0.5, 0.6) is 0 Å². The van der Waals surface area contributed by atoms with Gasteiger partial charge in [-0.25, -0.2) is 4.79 Å². The lowest BCUT2D eigenvalue weighted by molar-refractivity contribution is -0.888. The summed E-state index contributed by atoms with van der Waals surface area (Å²) >= 11 is 0. The fraction of sp³-hybridized carbons (Fsp3) is 0.963. The highest BCUT2D eigenvalue weighted by molar-refractivity contribution is 5.69. The van der Waals surface area contributed by atoms with Gasteiger partial charge in [-0.3, -0.25) is 0 Å². The third-order valence-electron chi connectivity index (χ3n) is 6.94. The van der Waals surface area contributed by atoms with E-state index in [1.807, 2.05) is 4.90 Å². The van der Waals surface area contributed by atoms with Crippen molar-refractivity contribution in [2.75, 3.05) is 53.5 Å². The number of unbranched alkanes of at least 4 members (excludes halogenated alkanes) is 13. The molecule has 1 fully saturated rings. The average Bonchev–Trinajstić information content (AvgIpc) is 3.12. The zero-order chi connectivity index (χ0) is 23.5. The van der Waals surface area contributed by atoms with Gasteiger partial charge in [-0.15, -0.1) is 0 Å². The lowest BCUT2D eigenvalue weighted by Crippen LogP contribution is -2.41. The molecule has 190 valence electrons. The number of hydrogen-bond acceptors (Lipinski definition) is 3. The molecule has 0 bridgehead atoms. The van der Waals surface area contributed by atoms with Gasteiger partial charge in [0.2, 0.25) is 0 Å². The Morgan fingerprint density at radius 1 is 0.844 bits per heavy atom. The SMILES string of the molecule is CCCCCCCCCCCCCCCCOCC1CN(CCC[N+](C)(C)CC)C(=O)O1. The first kappa shape index (κ1) is 29.2. The first-order valence-corrected chi connectivity index (χ1v) is 13.8. The zero-order valence-corrected chi connectivity index (χ0v) is 22.0. The number of cyclic esters (lactones) is 1. The Balaban J connectivity index is 1.86. The van der Waals surface area contributed by atoms with Crippen molar-refractivity contribution in [2.45, 2.75) is 116 Å². The highest BCUT2D eigenvalue weighted by atomic mass is 16.6. The topological polar surface area (TPSA) is 38.8 Å². The number of nitrogens with zero attached hydrogens (tertiary/aromatic N) is 2. The van der Waals surface area contributed by atoms with Crippen LogP contribution in [0.1, 0.15) is 110 Å². The second kappa shape index (κ2) is 18.6. The maximum atomic E-state index is 12.0. The summed E-state index contributed by atoms with van der Waals surface area (Å²) in [4.78, 5) is 13.9. The van der Waals surface area contributed by atoms with Crippen molar-refractivity contribution in [3.8, 4) is 0 Å². The molecular weight excluding hydrogens is 400 g/mol. The minimum absolute atomic E-state index is 0.0946. The van der Waals surface area contributed by atoms with Crippen molar-refractivity contribution in [3.05, 3.63) is 0 Å². The molecule has 1 amide bonds. The Bertz CT molecular complexity index is 456. The fourth-order valence-electron chi connectivity index (χ4n) is 4.31. The Morgan fingerprint density at radius 2 is 1.38 bits per heavy atom. The van der Waals surface area contributed by atoms with Crippen molar-refractivity contribution in [1.82, 2.24) is 4.90 Å². The van der Waals surface area contributed by atoms with E-state index in [2.05, 4.69) is 27.9 Å². The van der Waals surface area contributed by atoms with Crippen LogP contribution in [0.4, 0.5) is 4.79 Å². The molecule has 1 unspecified atom stereocenters. The van der Waals surface area contributed by atoms with Gasteiger partial charge in [0.25, 0.3) is 0 Å².